The van der Waals surface area contributed by atoms with Gasteiger partial charge >= 0.3 is 0 Å². The first-order chi connectivity index (χ1) is 10.9. The van der Waals surface area contributed by atoms with Crippen LogP contribution in [0.1, 0.15) is 50.5 Å². The van der Waals surface area contributed by atoms with Crippen molar-refractivity contribution in [2.75, 3.05) is 0 Å². The summed E-state index contributed by atoms with van der Waals surface area (Å²) in [5.41, 5.74) is 11.3. The summed E-state index contributed by atoms with van der Waals surface area (Å²) in [5, 5.41) is 18.0. The highest BCUT2D eigenvalue weighted by Crippen LogP contribution is 2.59. The Kier molecular flexibility index (Phi) is 5.56. The summed E-state index contributed by atoms with van der Waals surface area (Å²) < 4.78 is 0. The lowest BCUT2D eigenvalue weighted by Gasteiger charge is -2.48. The lowest BCUT2D eigenvalue weighted by atomic mass is 9.59. The number of halogens is 1. The van der Waals surface area contributed by atoms with Crippen molar-refractivity contribution >= 4 is 12.2 Å². The van der Waals surface area contributed by atoms with Crippen LogP contribution in [0.4, 0.5) is 0 Å². The number of nitrogens with two attached hydrogens (primary N) is 2. The van der Waals surface area contributed by atoms with Crippen LogP contribution in [0.5, 0.6) is 0 Å². The third kappa shape index (κ3) is 3.28. The minimum absolute atomic E-state index is 0. The van der Waals surface area contributed by atoms with Gasteiger partial charge < -0.3 is 29.0 Å². The highest BCUT2D eigenvalue weighted by Gasteiger charge is 2.59. The summed E-state index contributed by atoms with van der Waals surface area (Å²) in [6.45, 7) is 2.21. The second-order valence-corrected chi connectivity index (χ2v) is 7.28. The number of nitrogens with one attached hydrogen (secondary N) is 1. The van der Waals surface area contributed by atoms with Crippen molar-refractivity contribution in [1.82, 2.24) is 0 Å². The molecular formula is C18H27ClN4O. The van der Waals surface area contributed by atoms with Crippen LogP contribution in [0, 0.1) is 11.3 Å². The van der Waals surface area contributed by atoms with Gasteiger partial charge in [0.05, 0.1) is 5.60 Å². The molecule has 0 aliphatic heterocycles. The van der Waals surface area contributed by atoms with Gasteiger partial charge in [0.1, 0.15) is 0 Å². The van der Waals surface area contributed by atoms with E-state index < -0.39 is 5.60 Å². The number of hydrazone groups is 1. The van der Waals surface area contributed by atoms with Crippen LogP contribution in [0.3, 0.4) is 0 Å². The van der Waals surface area contributed by atoms with Crippen LogP contribution in [0.2, 0.25) is 0 Å². The molecule has 2 aliphatic rings. The van der Waals surface area contributed by atoms with E-state index in [-0.39, 0.29) is 29.7 Å². The smallest absolute Gasteiger partial charge is 0.256 e. The van der Waals surface area contributed by atoms with Crippen molar-refractivity contribution in [2.45, 2.75) is 50.5 Å². The van der Waals surface area contributed by atoms with E-state index in [4.69, 9.17) is 11.5 Å². The maximum atomic E-state index is 11.3. The van der Waals surface area contributed by atoms with Crippen LogP contribution >= 0.6 is 0 Å². The van der Waals surface area contributed by atoms with Crippen molar-refractivity contribution in [2.24, 2.45) is 27.9 Å². The van der Waals surface area contributed by atoms with Gasteiger partial charge in [-0.2, -0.15) is 0 Å². The van der Waals surface area contributed by atoms with Gasteiger partial charge in [0.25, 0.3) is 5.96 Å². The molecule has 2 saturated carbocycles. The van der Waals surface area contributed by atoms with Crippen LogP contribution in [0.25, 0.3) is 0 Å². The molecule has 2 fully saturated rings. The summed E-state index contributed by atoms with van der Waals surface area (Å²) in [7, 11) is 0. The average Bonchev–Trinajstić information content (AvgIpc) is 2.79. The number of rotatable bonds is 3. The number of fused-ring (bicyclic) bond motifs is 1. The molecule has 5 nitrogen and oxygen atoms in total. The van der Waals surface area contributed by atoms with Gasteiger partial charge in [0, 0.05) is 16.4 Å². The summed E-state index contributed by atoms with van der Waals surface area (Å²) in [4.78, 5) is 0. The number of guanidine groups is 1. The van der Waals surface area contributed by atoms with Crippen LogP contribution in [-0.2, 0) is 0 Å². The number of aliphatic hydroxyl groups is 1. The van der Waals surface area contributed by atoms with Crippen molar-refractivity contribution in [3.63, 3.8) is 0 Å². The van der Waals surface area contributed by atoms with Crippen LogP contribution in [0.15, 0.2) is 35.4 Å². The van der Waals surface area contributed by atoms with Gasteiger partial charge in [-0.05, 0) is 43.6 Å². The zero-order valence-corrected chi connectivity index (χ0v) is 14.8. The first-order valence-corrected chi connectivity index (χ1v) is 8.39. The van der Waals surface area contributed by atoms with Crippen molar-refractivity contribution in [3.8, 4) is 0 Å². The Labute approximate surface area is 149 Å². The first kappa shape index (κ1) is 18.7. The molecule has 0 spiro atoms. The standard InChI is InChI=1S/C18H26N4O.ClH/c1-17-9-7-14(13-5-3-2-4-6-13)11-18(17,23)10-8-15(17)12-21-22-16(19)20;/h2-6,12,14-15,23H,7-11H2,1H3,(H4,19,20,22);1H/b21-12+;/t14-,15+,17+,18-;/m0./s1. The van der Waals surface area contributed by atoms with Gasteiger partial charge in [0.2, 0.25) is 0 Å². The van der Waals surface area contributed by atoms with Gasteiger partial charge in [-0.15, -0.1) is 5.10 Å². The molecule has 0 unspecified atom stereocenters. The molecule has 1 aromatic carbocycles. The van der Waals surface area contributed by atoms with E-state index in [1.807, 2.05) is 12.3 Å². The van der Waals surface area contributed by atoms with Crippen molar-refractivity contribution in [3.05, 3.63) is 35.9 Å². The minimum Gasteiger partial charge on any atom is -1.00 e. The molecule has 4 atom stereocenters. The normalized spacial score (nSPS) is 35.2. The van der Waals surface area contributed by atoms with Crippen LogP contribution in [-0.4, -0.2) is 22.9 Å². The quantitative estimate of drug-likeness (QED) is 0.274. The molecule has 3 rings (SSSR count). The van der Waals surface area contributed by atoms with E-state index in [1.54, 1.807) is 0 Å². The van der Waals surface area contributed by atoms with Gasteiger partial charge in [-0.25, -0.2) is 0 Å². The molecule has 24 heavy (non-hydrogen) atoms. The zero-order valence-electron chi connectivity index (χ0n) is 14.1. The zero-order chi connectivity index (χ0) is 16.5. The second-order valence-electron chi connectivity index (χ2n) is 7.28. The Morgan fingerprint density at radius 2 is 1.96 bits per heavy atom. The fourth-order valence-electron chi connectivity index (χ4n) is 4.56. The van der Waals surface area contributed by atoms with E-state index in [2.05, 4.69) is 41.4 Å². The second kappa shape index (κ2) is 7.11. The maximum absolute atomic E-state index is 11.3. The number of hydrogen-bond acceptors (Lipinski definition) is 2. The summed E-state index contributed by atoms with van der Waals surface area (Å²) >= 11 is 0. The predicted octanol–water partition coefficient (Wildman–Crippen LogP) is -2.55. The molecule has 6 N–H and O–H groups in total. The fraction of sp³-hybridized carbons (Fsp3) is 0.556. The molecule has 132 valence electrons. The Morgan fingerprint density at radius 1 is 1.25 bits per heavy atom. The molecule has 0 aromatic heterocycles. The molecule has 0 amide bonds. The summed E-state index contributed by atoms with van der Waals surface area (Å²) in [5.74, 6) is 0.735. The predicted molar refractivity (Wildman–Crippen MR) is 91.7 cm³/mol. The van der Waals surface area contributed by atoms with Gasteiger partial charge in [-0.3, -0.25) is 0 Å². The molecule has 2 aliphatic carbocycles. The highest BCUT2D eigenvalue weighted by atomic mass is 35.5. The third-order valence-electron chi connectivity index (χ3n) is 6.09. The minimum atomic E-state index is -0.618. The molecule has 0 bridgehead atoms. The number of hydrogen-bond donors (Lipinski definition) is 4. The van der Waals surface area contributed by atoms with E-state index in [0.717, 1.165) is 32.1 Å². The largest absolute Gasteiger partial charge is 1.00 e. The SMILES string of the molecule is C[C@]12CC[C@H](c3ccccc3)C[C@@]1(O)CC[C@@H]2/C=[NH+]/N=C(N)N.[Cl-]. The average molecular weight is 351 g/mol. The van der Waals surface area contributed by atoms with Gasteiger partial charge in [-0.1, -0.05) is 37.3 Å². The monoisotopic (exact) mass is 350 g/mol. The van der Waals surface area contributed by atoms with Crippen LogP contribution < -0.4 is 29.0 Å². The number of nitrogens with zero attached hydrogens (tertiary/aromatic N) is 1. The maximum Gasteiger partial charge on any atom is 0.256 e. The van der Waals surface area contributed by atoms with E-state index >= 15 is 0 Å². The fourth-order valence-corrected chi connectivity index (χ4v) is 4.56. The lowest BCUT2D eigenvalue weighted by molar-refractivity contribution is -0.460. The Hall–Kier alpha value is -1.59. The summed E-state index contributed by atoms with van der Waals surface area (Å²) in [6.07, 6.45) is 6.68. The highest BCUT2D eigenvalue weighted by molar-refractivity contribution is 5.75. The molecule has 0 radical (unpaired) electrons. The molecular weight excluding hydrogens is 324 g/mol. The lowest BCUT2D eigenvalue weighted by Crippen LogP contribution is -3.00. The first-order valence-electron chi connectivity index (χ1n) is 8.39. The van der Waals surface area contributed by atoms with Crippen molar-refractivity contribution in [1.29, 1.82) is 0 Å². The Bertz CT molecular complexity index is 617. The van der Waals surface area contributed by atoms with Gasteiger partial charge in [0.15, 0.2) is 6.21 Å². The molecule has 1 aromatic rings. The summed E-state index contributed by atoms with van der Waals surface area (Å²) in [6, 6.07) is 10.6. The van der Waals surface area contributed by atoms with Crippen molar-refractivity contribution < 1.29 is 22.6 Å². The third-order valence-corrected chi connectivity index (χ3v) is 6.09. The van der Waals surface area contributed by atoms with E-state index in [9.17, 15) is 5.11 Å². The molecule has 0 heterocycles. The van der Waals surface area contributed by atoms with E-state index in [0.29, 0.717) is 5.92 Å². The Morgan fingerprint density at radius 3 is 2.62 bits per heavy atom. The topological polar surface area (TPSA) is 98.6 Å². The Balaban J connectivity index is 0.00000208. The number of benzene rings is 1. The van der Waals surface area contributed by atoms with E-state index in [1.165, 1.54) is 5.56 Å². The molecule has 6 heteroatoms. The molecule has 0 saturated heterocycles.